The first-order chi connectivity index (χ1) is 11.3. The molecule has 0 spiro atoms. The molecule has 3 aromatic rings. The minimum atomic E-state index is -4.06. The molecule has 0 atom stereocenters. The minimum Gasteiger partial charge on any atom is -0.258 e. The molecule has 1 N–H and O–H groups in total. The Hall–Kier alpha value is -2.53. The number of nitrogens with one attached hydrogen (secondary N) is 1. The molecule has 0 saturated heterocycles. The van der Waals surface area contributed by atoms with Crippen molar-refractivity contribution in [1.82, 2.24) is 14.6 Å². The van der Waals surface area contributed by atoms with E-state index >= 15 is 0 Å². The van der Waals surface area contributed by atoms with Crippen molar-refractivity contribution < 1.29 is 13.3 Å². The highest BCUT2D eigenvalue weighted by atomic mass is 79.9. The SMILES string of the molecule is Cc1c([N+](=O)[O-])cccc1S(=O)(=O)Nc1nc2ccc(Br)cn2n1. The van der Waals surface area contributed by atoms with Crippen molar-refractivity contribution in [2.24, 2.45) is 0 Å². The highest BCUT2D eigenvalue weighted by Crippen LogP contribution is 2.26. The van der Waals surface area contributed by atoms with Crippen molar-refractivity contribution in [3.63, 3.8) is 0 Å². The molecule has 24 heavy (non-hydrogen) atoms. The van der Waals surface area contributed by atoms with Gasteiger partial charge in [0.15, 0.2) is 5.65 Å². The normalized spacial score (nSPS) is 11.6. The largest absolute Gasteiger partial charge is 0.273 e. The van der Waals surface area contributed by atoms with E-state index in [2.05, 4.69) is 30.7 Å². The van der Waals surface area contributed by atoms with Gasteiger partial charge < -0.3 is 0 Å². The van der Waals surface area contributed by atoms with Crippen LogP contribution in [0.5, 0.6) is 0 Å². The quantitative estimate of drug-likeness (QED) is 0.520. The Morgan fingerprint density at radius 1 is 1.29 bits per heavy atom. The predicted molar refractivity (Wildman–Crippen MR) is 89.3 cm³/mol. The Labute approximate surface area is 144 Å². The van der Waals surface area contributed by atoms with Crippen LogP contribution in [0.3, 0.4) is 0 Å². The van der Waals surface area contributed by atoms with Gasteiger partial charge in [-0.3, -0.25) is 10.1 Å². The first kappa shape index (κ1) is 16.3. The Bertz CT molecular complexity index is 1060. The van der Waals surface area contributed by atoms with E-state index in [9.17, 15) is 18.5 Å². The number of nitrogens with zero attached hydrogens (tertiary/aromatic N) is 4. The molecule has 9 nitrogen and oxygen atoms in total. The van der Waals surface area contributed by atoms with Crippen molar-refractivity contribution in [2.45, 2.75) is 11.8 Å². The van der Waals surface area contributed by atoms with Crippen molar-refractivity contribution in [2.75, 3.05) is 4.72 Å². The van der Waals surface area contributed by atoms with Gasteiger partial charge in [-0.15, -0.1) is 5.10 Å². The number of aromatic nitrogens is 3. The summed E-state index contributed by atoms with van der Waals surface area (Å²) in [6.07, 6.45) is 1.62. The number of nitro benzene ring substituents is 1. The van der Waals surface area contributed by atoms with Crippen LogP contribution in [0, 0.1) is 17.0 Å². The van der Waals surface area contributed by atoms with Crippen molar-refractivity contribution in [3.05, 3.63) is 56.7 Å². The summed E-state index contributed by atoms with van der Waals surface area (Å²) in [5.74, 6) is -0.126. The fourth-order valence-corrected chi connectivity index (χ4v) is 3.70. The number of pyridine rings is 1. The maximum Gasteiger partial charge on any atom is 0.273 e. The molecule has 0 aliphatic carbocycles. The average Bonchev–Trinajstić information content (AvgIpc) is 2.87. The fraction of sp³-hybridized carbons (Fsp3) is 0.0769. The maximum absolute atomic E-state index is 12.5. The number of sulfonamides is 1. The minimum absolute atomic E-state index is 0.0431. The topological polar surface area (TPSA) is 120 Å². The van der Waals surface area contributed by atoms with Crippen LogP contribution in [0.25, 0.3) is 5.65 Å². The van der Waals surface area contributed by atoms with Crippen LogP contribution in [0.1, 0.15) is 5.56 Å². The van der Waals surface area contributed by atoms with Crippen molar-refractivity contribution in [3.8, 4) is 0 Å². The summed E-state index contributed by atoms with van der Waals surface area (Å²) in [6, 6.07) is 7.25. The molecule has 0 radical (unpaired) electrons. The van der Waals surface area contributed by atoms with E-state index in [4.69, 9.17) is 0 Å². The highest BCUT2D eigenvalue weighted by molar-refractivity contribution is 9.10. The molecule has 2 heterocycles. The molecule has 3 rings (SSSR count). The van der Waals surface area contributed by atoms with Crippen LogP contribution in [0.15, 0.2) is 45.9 Å². The second-order valence-corrected chi connectivity index (χ2v) is 7.41. The molecule has 0 aliphatic heterocycles. The van der Waals surface area contributed by atoms with Crippen molar-refractivity contribution >= 4 is 43.2 Å². The second kappa shape index (κ2) is 5.83. The van der Waals surface area contributed by atoms with Gasteiger partial charge >= 0.3 is 0 Å². The second-order valence-electron chi connectivity index (χ2n) is 4.85. The van der Waals surface area contributed by atoms with Gasteiger partial charge in [0.05, 0.1) is 9.82 Å². The third-order valence-corrected chi connectivity index (χ3v) is 5.20. The standard InChI is InChI=1S/C13H10BrN5O4S/c1-8-10(19(20)21)3-2-4-11(8)24(22,23)17-13-15-12-6-5-9(14)7-18(12)16-13/h2-7H,1H3,(H,16,17). The first-order valence-corrected chi connectivity index (χ1v) is 8.84. The number of benzene rings is 1. The van der Waals surface area contributed by atoms with Gasteiger partial charge in [-0.1, -0.05) is 6.07 Å². The number of rotatable bonds is 4. The lowest BCUT2D eigenvalue weighted by molar-refractivity contribution is -0.385. The van der Waals surface area contributed by atoms with Gasteiger partial charge in [0.25, 0.3) is 21.7 Å². The molecule has 0 aliphatic rings. The van der Waals surface area contributed by atoms with Gasteiger partial charge in [-0.25, -0.2) is 17.7 Å². The summed E-state index contributed by atoms with van der Waals surface area (Å²) < 4.78 is 29.4. The molecular weight excluding hydrogens is 402 g/mol. The summed E-state index contributed by atoms with van der Waals surface area (Å²) in [5.41, 5.74) is 0.220. The monoisotopic (exact) mass is 411 g/mol. The van der Waals surface area contributed by atoms with Gasteiger partial charge in [0, 0.05) is 22.3 Å². The Balaban J connectivity index is 2.01. The number of anilines is 1. The third kappa shape index (κ3) is 2.95. The molecule has 1 aromatic carbocycles. The number of fused-ring (bicyclic) bond motifs is 1. The summed E-state index contributed by atoms with van der Waals surface area (Å²) in [4.78, 5) is 14.2. The smallest absolute Gasteiger partial charge is 0.258 e. The summed E-state index contributed by atoms with van der Waals surface area (Å²) in [6.45, 7) is 1.38. The van der Waals surface area contributed by atoms with Crippen LogP contribution in [0.4, 0.5) is 11.6 Å². The lowest BCUT2D eigenvalue weighted by Gasteiger charge is -2.07. The lowest BCUT2D eigenvalue weighted by atomic mass is 10.2. The van der Waals surface area contributed by atoms with Crippen LogP contribution in [0.2, 0.25) is 0 Å². The highest BCUT2D eigenvalue weighted by Gasteiger charge is 2.24. The number of hydrogen-bond donors (Lipinski definition) is 1. The summed E-state index contributed by atoms with van der Waals surface area (Å²) in [5, 5.41) is 15.0. The van der Waals surface area contributed by atoms with Crippen LogP contribution < -0.4 is 4.72 Å². The zero-order chi connectivity index (χ0) is 17.5. The van der Waals surface area contributed by atoms with Crippen LogP contribution in [-0.4, -0.2) is 27.9 Å². The van der Waals surface area contributed by atoms with E-state index in [-0.39, 0.29) is 22.1 Å². The van der Waals surface area contributed by atoms with Gasteiger partial charge in [0.2, 0.25) is 0 Å². The Morgan fingerprint density at radius 3 is 2.75 bits per heavy atom. The number of nitro groups is 1. The zero-order valence-electron chi connectivity index (χ0n) is 12.2. The van der Waals surface area contributed by atoms with Gasteiger partial charge in [-0.2, -0.15) is 4.98 Å². The molecule has 0 amide bonds. The predicted octanol–water partition coefficient (Wildman–Crippen LogP) is 2.51. The Morgan fingerprint density at radius 2 is 2.04 bits per heavy atom. The molecule has 124 valence electrons. The average molecular weight is 412 g/mol. The molecule has 0 unspecified atom stereocenters. The van der Waals surface area contributed by atoms with Gasteiger partial charge in [0.1, 0.15) is 0 Å². The van der Waals surface area contributed by atoms with E-state index in [1.165, 1.54) is 29.6 Å². The maximum atomic E-state index is 12.5. The Kier molecular flexibility index (Phi) is 3.97. The van der Waals surface area contributed by atoms with E-state index < -0.39 is 14.9 Å². The van der Waals surface area contributed by atoms with Gasteiger partial charge in [-0.05, 0) is 41.1 Å². The zero-order valence-corrected chi connectivity index (χ0v) is 14.6. The molecule has 11 heteroatoms. The summed E-state index contributed by atoms with van der Waals surface area (Å²) in [7, 11) is -4.06. The van der Waals surface area contributed by atoms with E-state index in [0.717, 1.165) is 4.47 Å². The lowest BCUT2D eigenvalue weighted by Crippen LogP contribution is -2.15. The van der Waals surface area contributed by atoms with Crippen LogP contribution in [-0.2, 0) is 10.0 Å². The van der Waals surface area contributed by atoms with E-state index in [1.807, 2.05) is 0 Å². The molecule has 2 aromatic heterocycles. The van der Waals surface area contributed by atoms with E-state index in [1.54, 1.807) is 18.3 Å². The summed E-state index contributed by atoms with van der Waals surface area (Å²) >= 11 is 3.28. The molecule has 0 saturated carbocycles. The number of halogens is 1. The molecular formula is C13H10BrN5O4S. The van der Waals surface area contributed by atoms with E-state index in [0.29, 0.717) is 5.65 Å². The van der Waals surface area contributed by atoms with Crippen LogP contribution >= 0.6 is 15.9 Å². The third-order valence-electron chi connectivity index (χ3n) is 3.26. The molecule has 0 bridgehead atoms. The van der Waals surface area contributed by atoms with Crippen molar-refractivity contribution in [1.29, 1.82) is 0 Å². The fourth-order valence-electron chi connectivity index (χ4n) is 2.17. The first-order valence-electron chi connectivity index (χ1n) is 6.57. The number of hydrogen-bond acceptors (Lipinski definition) is 6. The molecule has 0 fully saturated rings.